The van der Waals surface area contributed by atoms with Crippen LogP contribution in [0.15, 0.2) is 127 Å². The first-order chi connectivity index (χ1) is 42.2. The summed E-state index contributed by atoms with van der Waals surface area (Å²) in [6.45, 7) is 1.98. The van der Waals surface area contributed by atoms with Crippen LogP contribution >= 0.6 is 0 Å². The number of hydrogen-bond acceptors (Lipinski definition) is 8. The van der Waals surface area contributed by atoms with Crippen LogP contribution in [0.2, 0.25) is 0 Å². The lowest BCUT2D eigenvalue weighted by molar-refractivity contribution is -0.139. The number of aromatic nitrogens is 4. The van der Waals surface area contributed by atoms with E-state index < -0.39 is 48.0 Å². The van der Waals surface area contributed by atoms with Gasteiger partial charge in [0.25, 0.3) is 0 Å². The highest BCUT2D eigenvalue weighted by molar-refractivity contribution is 5.88. The van der Waals surface area contributed by atoms with Crippen molar-refractivity contribution in [3.8, 4) is 0 Å². The molecule has 0 radical (unpaired) electrons. The molecule has 0 bridgehead atoms. The van der Waals surface area contributed by atoms with Crippen molar-refractivity contribution in [3.63, 3.8) is 0 Å². The van der Waals surface area contributed by atoms with E-state index in [2.05, 4.69) is 63.4 Å². The third-order valence-corrected chi connectivity index (χ3v) is 20.3. The quantitative estimate of drug-likeness (QED) is 0.0866. The van der Waals surface area contributed by atoms with Gasteiger partial charge in [0.05, 0.1) is 46.2 Å². The van der Waals surface area contributed by atoms with Gasteiger partial charge in [0.2, 0.25) is 11.8 Å². The fraction of sp³-hybridized carbons (Fsp3) is 0.391. The second kappa shape index (κ2) is 22.8. The van der Waals surface area contributed by atoms with Crippen molar-refractivity contribution in [3.05, 3.63) is 190 Å². The molecule has 4 fully saturated rings. The number of anilines is 2. The molecule has 4 aliphatic heterocycles. The van der Waals surface area contributed by atoms with Crippen LogP contribution in [-0.2, 0) is 35.3 Å². The average molecular weight is 1180 g/mol. The van der Waals surface area contributed by atoms with Crippen LogP contribution in [0.5, 0.6) is 0 Å². The highest BCUT2D eigenvalue weighted by atomic mass is 19.1. The van der Waals surface area contributed by atoms with Crippen LogP contribution in [0.1, 0.15) is 132 Å². The summed E-state index contributed by atoms with van der Waals surface area (Å²) in [4.78, 5) is 82.0. The van der Waals surface area contributed by atoms with E-state index in [1.807, 2.05) is 81.4 Å². The van der Waals surface area contributed by atoms with Gasteiger partial charge in [-0.1, -0.05) is 91.0 Å². The summed E-state index contributed by atoms with van der Waals surface area (Å²) in [5, 5.41) is 20.6. The Morgan fingerprint density at radius 2 is 0.943 bits per heavy atom. The largest absolute Gasteiger partial charge is 0.465 e. The van der Waals surface area contributed by atoms with Gasteiger partial charge < -0.3 is 39.8 Å². The molecule has 0 saturated carbocycles. The highest BCUT2D eigenvalue weighted by Crippen LogP contribution is 2.50. The normalized spacial score (nSPS) is 21.5. The SMILES string of the molecule is CN(C(=O)O)[C@H](C(=O)N1CCC[C@H]1c1nc2ccc([C@H]3CC[C@H](c4ccc5nc([C@@H]6CCCN6C(=O)[C@H](C6Cc7ccccc7C6)N(C)C(=O)O)[nH]c5c4)N3c3cc(F)c(N4CCC(c5ccccc5)CC4)c(F)c3)cc2[nH]1)C1Cc2ccccc2C1. The van der Waals surface area contributed by atoms with Gasteiger partial charge in [0.15, 0.2) is 11.6 Å². The first-order valence-electron chi connectivity index (χ1n) is 31.0. The Bertz CT molecular complexity index is 3690. The number of fused-ring (bicyclic) bond motifs is 4. The highest BCUT2D eigenvalue weighted by Gasteiger charge is 2.46. The number of nitrogens with one attached hydrogen (secondary N) is 2. The first kappa shape index (κ1) is 56.0. The van der Waals surface area contributed by atoms with Crippen LogP contribution in [0, 0.1) is 23.5 Å². The molecule has 87 heavy (non-hydrogen) atoms. The Morgan fingerprint density at radius 3 is 1.37 bits per heavy atom. The summed E-state index contributed by atoms with van der Waals surface area (Å²) >= 11 is 0. The van der Waals surface area contributed by atoms with E-state index >= 15 is 8.78 Å². The molecule has 448 valence electrons. The van der Waals surface area contributed by atoms with Gasteiger partial charge in [-0.05, 0) is 170 Å². The molecule has 6 aromatic carbocycles. The molecule has 6 heterocycles. The lowest BCUT2D eigenvalue weighted by Crippen LogP contribution is -2.52. The number of rotatable bonds is 13. The summed E-state index contributed by atoms with van der Waals surface area (Å²) in [6.07, 6.45) is 5.77. The Kier molecular flexibility index (Phi) is 14.7. The lowest BCUT2D eigenvalue weighted by Gasteiger charge is -2.36. The zero-order valence-corrected chi connectivity index (χ0v) is 49.0. The molecule has 18 heteroatoms. The number of carboxylic acid groups (broad SMARTS) is 2. The minimum atomic E-state index is -1.15. The van der Waals surface area contributed by atoms with Gasteiger partial charge >= 0.3 is 12.2 Å². The van der Waals surface area contributed by atoms with Gasteiger partial charge in [0.1, 0.15) is 29.4 Å². The van der Waals surface area contributed by atoms with Crippen molar-refractivity contribution < 1.29 is 38.2 Å². The standard InChI is InChI=1S/C69H72F2N10O6/c1-76(68(84)85)61(48-32-42-14-6-7-15-43(42)33-48)66(82)79-28-10-18-59(79)64-72-53-22-20-46(36-55(53)74-64)57-24-25-58(81(57)50-38-51(70)63(52(71)39-50)78-30-26-41(27-31-78)40-12-4-3-5-13-40)47-21-23-54-56(37-47)75-65(73-54)60-19-11-29-80(60)67(83)62(77(2)69(86)87)49-34-44-16-8-9-17-45(44)35-49/h3-9,12-17,20-23,36-39,41,48-49,57-62H,10-11,18-19,24-35H2,1-2H3,(H,72,74)(H,73,75)(H,84,85)(H,86,87)/t57-,58-,59+,60+,61+,62+/m1/s1. The summed E-state index contributed by atoms with van der Waals surface area (Å²) in [5.74, 6) is -0.558. The van der Waals surface area contributed by atoms with E-state index in [0.717, 1.165) is 70.1 Å². The molecule has 2 aromatic heterocycles. The first-order valence-corrected chi connectivity index (χ1v) is 31.0. The predicted molar refractivity (Wildman–Crippen MR) is 328 cm³/mol. The van der Waals surface area contributed by atoms with Gasteiger partial charge in [-0.15, -0.1) is 0 Å². The molecule has 8 aromatic rings. The number of nitrogens with zero attached hydrogens (tertiary/aromatic N) is 8. The molecule has 0 spiro atoms. The average Bonchev–Trinajstić information content (AvgIpc) is 3.18. The van der Waals surface area contributed by atoms with Crippen molar-refractivity contribution in [1.82, 2.24) is 39.5 Å². The van der Waals surface area contributed by atoms with Gasteiger partial charge in [-0.3, -0.25) is 19.4 Å². The molecule has 2 aliphatic carbocycles. The van der Waals surface area contributed by atoms with E-state index in [1.54, 1.807) is 0 Å². The number of aromatic amines is 2. The van der Waals surface area contributed by atoms with Crippen LogP contribution in [0.3, 0.4) is 0 Å². The molecule has 4 amide bonds. The molecule has 4 saturated heterocycles. The summed E-state index contributed by atoms with van der Waals surface area (Å²) in [7, 11) is 2.98. The number of hydrogen-bond donors (Lipinski definition) is 4. The summed E-state index contributed by atoms with van der Waals surface area (Å²) < 4.78 is 34.1. The van der Waals surface area contributed by atoms with Gasteiger partial charge in [-0.2, -0.15) is 0 Å². The zero-order valence-electron chi connectivity index (χ0n) is 49.0. The van der Waals surface area contributed by atoms with E-state index in [9.17, 15) is 29.4 Å². The minimum Gasteiger partial charge on any atom is -0.465 e. The molecule has 6 aliphatic rings. The predicted octanol–water partition coefficient (Wildman–Crippen LogP) is 12.3. The number of piperidine rings is 1. The summed E-state index contributed by atoms with van der Waals surface area (Å²) in [6, 6.07) is 38.3. The van der Waals surface area contributed by atoms with Crippen molar-refractivity contribution >= 4 is 57.4 Å². The van der Waals surface area contributed by atoms with Crippen LogP contribution in [-0.4, -0.2) is 126 Å². The monoisotopic (exact) mass is 1170 g/mol. The van der Waals surface area contributed by atoms with Crippen LogP contribution in [0.4, 0.5) is 29.7 Å². The Labute approximate surface area is 503 Å². The van der Waals surface area contributed by atoms with Gasteiger partial charge in [0, 0.05) is 46.0 Å². The number of carbonyl (C=O) groups excluding carboxylic acids is 2. The zero-order chi connectivity index (χ0) is 59.8. The van der Waals surface area contributed by atoms with Crippen molar-refractivity contribution in [2.24, 2.45) is 11.8 Å². The maximum atomic E-state index is 17.0. The number of halogens is 2. The second-order valence-electron chi connectivity index (χ2n) is 25.2. The van der Waals surface area contributed by atoms with Gasteiger partial charge in [-0.25, -0.2) is 28.3 Å². The molecular formula is C69H72F2N10O6. The van der Waals surface area contributed by atoms with Crippen LogP contribution < -0.4 is 9.80 Å². The summed E-state index contributed by atoms with van der Waals surface area (Å²) in [5.41, 5.74) is 10.9. The number of H-pyrrole nitrogens is 2. The Hall–Kier alpha value is -8.80. The molecule has 16 nitrogen and oxygen atoms in total. The van der Waals surface area contributed by atoms with E-state index in [1.165, 1.54) is 41.6 Å². The molecule has 0 unspecified atom stereocenters. The van der Waals surface area contributed by atoms with E-state index in [4.69, 9.17) is 9.97 Å². The van der Waals surface area contributed by atoms with Crippen molar-refractivity contribution in [1.29, 1.82) is 0 Å². The van der Waals surface area contributed by atoms with Crippen LogP contribution in [0.25, 0.3) is 22.1 Å². The lowest BCUT2D eigenvalue weighted by atomic mass is 9.89. The number of benzene rings is 6. The topological polar surface area (TPSA) is 186 Å². The third-order valence-electron chi connectivity index (χ3n) is 20.3. The van der Waals surface area contributed by atoms with Crippen molar-refractivity contribution in [2.75, 3.05) is 50.1 Å². The molecule has 4 N–H and O–H groups in total. The molecular weight excluding hydrogens is 1100 g/mol. The Balaban J connectivity index is 0.765. The number of imidazole rings is 2. The number of likely N-dealkylation sites (N-methyl/N-ethyl adjacent to an activating group) is 2. The number of amides is 4. The van der Waals surface area contributed by atoms with Crippen molar-refractivity contribution in [2.45, 2.75) is 119 Å². The molecule has 6 atom stereocenters. The maximum Gasteiger partial charge on any atom is 0.407 e. The smallest absolute Gasteiger partial charge is 0.407 e. The third kappa shape index (κ3) is 10.3. The fourth-order valence-corrected chi connectivity index (χ4v) is 16.0. The Morgan fingerprint density at radius 1 is 0.517 bits per heavy atom. The second-order valence-corrected chi connectivity index (χ2v) is 25.2. The number of carbonyl (C=O) groups is 4. The number of likely N-dealkylation sites (tertiary alicyclic amines) is 2. The fourth-order valence-electron chi connectivity index (χ4n) is 16.0. The maximum absolute atomic E-state index is 17.0. The minimum absolute atomic E-state index is 0.0159. The van der Waals surface area contributed by atoms with E-state index in [0.29, 0.717) is 112 Å². The molecule has 14 rings (SSSR count). The van der Waals surface area contributed by atoms with E-state index in [-0.39, 0.29) is 41.4 Å².